The molecular weight excluding hydrogens is 175 g/mol. The van der Waals surface area contributed by atoms with E-state index in [9.17, 15) is 4.39 Å². The third kappa shape index (κ3) is 1.34. The summed E-state index contributed by atoms with van der Waals surface area (Å²) in [4.78, 5) is 0. The van der Waals surface area contributed by atoms with Crippen LogP contribution in [0.3, 0.4) is 0 Å². The highest BCUT2D eigenvalue weighted by Gasteiger charge is 2.25. The molecule has 0 bridgehead atoms. The Morgan fingerprint density at radius 2 is 1.75 bits per heavy atom. The summed E-state index contributed by atoms with van der Waals surface area (Å²) in [6, 6.07) is 7.92. The van der Waals surface area contributed by atoms with Crippen molar-refractivity contribution in [1.29, 1.82) is 0 Å². The van der Waals surface area contributed by atoms with E-state index in [1.54, 1.807) is 0 Å². The van der Waals surface area contributed by atoms with Crippen LogP contribution in [-0.2, 0) is 12.8 Å². The zero-order chi connectivity index (χ0) is 8.55. The van der Waals surface area contributed by atoms with Crippen molar-refractivity contribution < 1.29 is 4.39 Å². The first-order valence-corrected chi connectivity index (χ1v) is 4.56. The van der Waals surface area contributed by atoms with E-state index in [-0.39, 0.29) is 5.38 Å². The van der Waals surface area contributed by atoms with Gasteiger partial charge in [0, 0.05) is 6.42 Å². The van der Waals surface area contributed by atoms with Crippen molar-refractivity contribution in [3.8, 4) is 0 Å². The number of fused-ring (bicyclic) bond motifs is 1. The predicted molar refractivity (Wildman–Crippen MR) is 48.4 cm³/mol. The lowest BCUT2D eigenvalue weighted by Gasteiger charge is -2.23. The van der Waals surface area contributed by atoms with Gasteiger partial charge in [0.25, 0.3) is 0 Å². The molecule has 0 spiro atoms. The number of rotatable bonds is 0. The molecule has 0 N–H and O–H groups in total. The first kappa shape index (κ1) is 8.06. The molecule has 1 aromatic carbocycles. The molecule has 2 atom stereocenters. The molecule has 1 aromatic rings. The molecule has 0 heterocycles. The van der Waals surface area contributed by atoms with Gasteiger partial charge in [0.1, 0.15) is 6.17 Å². The van der Waals surface area contributed by atoms with Crippen molar-refractivity contribution in [1.82, 2.24) is 0 Å². The Labute approximate surface area is 76.4 Å². The summed E-state index contributed by atoms with van der Waals surface area (Å²) in [5, 5.41) is -0.333. The minimum atomic E-state index is -0.874. The molecule has 1 aliphatic carbocycles. The van der Waals surface area contributed by atoms with Crippen LogP contribution in [0.2, 0.25) is 0 Å². The number of benzene rings is 1. The van der Waals surface area contributed by atoms with Gasteiger partial charge in [-0.25, -0.2) is 4.39 Å². The molecular formula is C10H10ClF. The lowest BCUT2D eigenvalue weighted by atomic mass is 9.90. The molecule has 0 saturated carbocycles. The number of halogens is 2. The second-order valence-electron chi connectivity index (χ2n) is 3.21. The highest BCUT2D eigenvalue weighted by Crippen LogP contribution is 2.26. The van der Waals surface area contributed by atoms with Gasteiger partial charge in [-0.2, -0.15) is 0 Å². The summed E-state index contributed by atoms with van der Waals surface area (Å²) in [6.45, 7) is 0. The maximum absolute atomic E-state index is 13.1. The van der Waals surface area contributed by atoms with E-state index in [1.165, 1.54) is 5.56 Å². The summed E-state index contributed by atoms with van der Waals surface area (Å²) >= 11 is 5.82. The zero-order valence-corrected chi connectivity index (χ0v) is 7.39. The van der Waals surface area contributed by atoms with E-state index in [0.717, 1.165) is 5.56 Å². The molecule has 0 radical (unpaired) electrons. The molecule has 2 unspecified atom stereocenters. The van der Waals surface area contributed by atoms with E-state index < -0.39 is 6.17 Å². The monoisotopic (exact) mass is 184 g/mol. The zero-order valence-electron chi connectivity index (χ0n) is 6.63. The quantitative estimate of drug-likeness (QED) is 0.544. The van der Waals surface area contributed by atoms with Crippen molar-refractivity contribution in [3.63, 3.8) is 0 Å². The molecule has 0 nitrogen and oxygen atoms in total. The average Bonchev–Trinajstić information content (AvgIpc) is 2.07. The molecule has 1 aliphatic rings. The second-order valence-corrected chi connectivity index (χ2v) is 3.77. The molecule has 12 heavy (non-hydrogen) atoms. The van der Waals surface area contributed by atoms with Gasteiger partial charge in [-0.15, -0.1) is 11.6 Å². The lowest BCUT2D eigenvalue weighted by molar-refractivity contribution is 0.306. The van der Waals surface area contributed by atoms with Crippen molar-refractivity contribution in [2.45, 2.75) is 24.4 Å². The first-order valence-electron chi connectivity index (χ1n) is 4.12. The molecule has 0 aromatic heterocycles. The van der Waals surface area contributed by atoms with Gasteiger partial charge in [-0.05, 0) is 17.5 Å². The van der Waals surface area contributed by atoms with Crippen molar-refractivity contribution in [3.05, 3.63) is 35.4 Å². The Morgan fingerprint density at radius 1 is 1.17 bits per heavy atom. The summed E-state index contributed by atoms with van der Waals surface area (Å²) in [5.74, 6) is 0. The molecule has 0 amide bonds. The molecule has 0 saturated heterocycles. The van der Waals surface area contributed by atoms with E-state index in [1.807, 2.05) is 24.3 Å². The molecule has 2 heteroatoms. The molecule has 64 valence electrons. The third-order valence-corrected chi connectivity index (χ3v) is 2.77. The largest absolute Gasteiger partial charge is 0.245 e. The Bertz CT molecular complexity index is 256. The fourth-order valence-corrected chi connectivity index (χ4v) is 1.89. The topological polar surface area (TPSA) is 0 Å². The van der Waals surface area contributed by atoms with Crippen molar-refractivity contribution in [2.24, 2.45) is 0 Å². The van der Waals surface area contributed by atoms with Gasteiger partial charge in [-0.3, -0.25) is 0 Å². The van der Waals surface area contributed by atoms with Gasteiger partial charge in [-0.1, -0.05) is 24.3 Å². The van der Waals surface area contributed by atoms with Crippen LogP contribution in [0, 0.1) is 0 Å². The maximum atomic E-state index is 13.1. The van der Waals surface area contributed by atoms with Crippen LogP contribution < -0.4 is 0 Å². The summed E-state index contributed by atoms with van der Waals surface area (Å²) in [6.07, 6.45) is 0.269. The van der Waals surface area contributed by atoms with Crippen LogP contribution in [0.25, 0.3) is 0 Å². The molecule has 0 fully saturated rings. The Morgan fingerprint density at radius 3 is 2.42 bits per heavy atom. The maximum Gasteiger partial charge on any atom is 0.121 e. The van der Waals surface area contributed by atoms with Crippen LogP contribution in [-0.4, -0.2) is 11.5 Å². The van der Waals surface area contributed by atoms with E-state index in [0.29, 0.717) is 12.8 Å². The van der Waals surface area contributed by atoms with Gasteiger partial charge in [0.2, 0.25) is 0 Å². The second kappa shape index (κ2) is 3.06. The van der Waals surface area contributed by atoms with Crippen molar-refractivity contribution in [2.75, 3.05) is 0 Å². The minimum Gasteiger partial charge on any atom is -0.245 e. The number of hydrogen-bond donors (Lipinski definition) is 0. The predicted octanol–water partition coefficient (Wildman–Crippen LogP) is 2.73. The van der Waals surface area contributed by atoms with Crippen LogP contribution in [0.15, 0.2) is 24.3 Å². The van der Waals surface area contributed by atoms with Crippen LogP contribution in [0.4, 0.5) is 4.39 Å². The Balaban J connectivity index is 2.34. The van der Waals surface area contributed by atoms with Gasteiger partial charge in [0.05, 0.1) is 5.38 Å². The number of hydrogen-bond acceptors (Lipinski definition) is 0. The lowest BCUT2D eigenvalue weighted by Crippen LogP contribution is -2.26. The third-order valence-electron chi connectivity index (χ3n) is 2.34. The summed E-state index contributed by atoms with van der Waals surface area (Å²) in [5.41, 5.74) is 2.31. The molecule has 2 rings (SSSR count). The van der Waals surface area contributed by atoms with E-state index in [2.05, 4.69) is 0 Å². The average molecular weight is 185 g/mol. The fourth-order valence-electron chi connectivity index (χ4n) is 1.63. The highest BCUT2D eigenvalue weighted by molar-refractivity contribution is 6.21. The smallest absolute Gasteiger partial charge is 0.121 e. The van der Waals surface area contributed by atoms with Crippen LogP contribution in [0.1, 0.15) is 11.1 Å². The minimum absolute atomic E-state index is 0.333. The SMILES string of the molecule is FC1Cc2ccccc2CC1Cl. The first-order chi connectivity index (χ1) is 5.77. The van der Waals surface area contributed by atoms with Gasteiger partial charge < -0.3 is 0 Å². The Hall–Kier alpha value is -0.560. The summed E-state index contributed by atoms with van der Waals surface area (Å²) < 4.78 is 13.1. The standard InChI is InChI=1S/C10H10ClF/c11-9-5-7-3-1-2-4-8(7)6-10(9)12/h1-4,9-10H,5-6H2. The van der Waals surface area contributed by atoms with Gasteiger partial charge >= 0.3 is 0 Å². The van der Waals surface area contributed by atoms with Crippen molar-refractivity contribution >= 4 is 11.6 Å². The van der Waals surface area contributed by atoms with Crippen LogP contribution >= 0.6 is 11.6 Å². The van der Waals surface area contributed by atoms with Crippen LogP contribution in [0.5, 0.6) is 0 Å². The highest BCUT2D eigenvalue weighted by atomic mass is 35.5. The summed E-state index contributed by atoms with van der Waals surface area (Å²) in [7, 11) is 0. The van der Waals surface area contributed by atoms with E-state index in [4.69, 9.17) is 11.6 Å². The van der Waals surface area contributed by atoms with E-state index >= 15 is 0 Å². The normalized spacial score (nSPS) is 28.2. The number of alkyl halides is 2. The fraction of sp³-hybridized carbons (Fsp3) is 0.400. The van der Waals surface area contributed by atoms with Gasteiger partial charge in [0.15, 0.2) is 0 Å². The Kier molecular flexibility index (Phi) is 2.05. The molecule has 0 aliphatic heterocycles.